The number of piperidine rings is 1. The molecule has 2 N–H and O–H groups in total. The topological polar surface area (TPSA) is 78.1 Å². The van der Waals surface area contributed by atoms with Crippen molar-refractivity contribution >= 4 is 26.8 Å². The van der Waals surface area contributed by atoms with Crippen LogP contribution in [0.25, 0.3) is 11.0 Å². The minimum atomic E-state index is -2.88. The predicted molar refractivity (Wildman–Crippen MR) is 89.0 cm³/mol. The minimum absolute atomic E-state index is 0.205. The zero-order valence-electron chi connectivity index (χ0n) is 12.7. The number of H-pyrrole nitrogens is 1. The van der Waals surface area contributed by atoms with Gasteiger partial charge in [0, 0.05) is 31.9 Å². The molecule has 0 amide bonds. The van der Waals surface area contributed by atoms with Crippen LogP contribution in [0.1, 0.15) is 12.8 Å². The van der Waals surface area contributed by atoms with E-state index in [-0.39, 0.29) is 5.75 Å². The van der Waals surface area contributed by atoms with Gasteiger partial charge in [0.15, 0.2) is 0 Å². The Bertz CT molecular complexity index is 700. The van der Waals surface area contributed by atoms with Crippen molar-refractivity contribution in [2.75, 3.05) is 36.5 Å². The molecule has 120 valence electrons. The normalized spacial score (nSPS) is 17.2. The van der Waals surface area contributed by atoms with Crippen LogP contribution in [0, 0.1) is 0 Å². The highest BCUT2D eigenvalue weighted by Gasteiger charge is 2.21. The van der Waals surface area contributed by atoms with Crippen LogP contribution in [0.4, 0.5) is 5.95 Å². The Morgan fingerprint density at radius 3 is 2.73 bits per heavy atom. The van der Waals surface area contributed by atoms with E-state index < -0.39 is 9.84 Å². The lowest BCUT2D eigenvalue weighted by molar-refractivity contribution is 0.421. The lowest BCUT2D eigenvalue weighted by Gasteiger charge is -2.32. The summed E-state index contributed by atoms with van der Waals surface area (Å²) < 4.78 is 22.3. The first kappa shape index (κ1) is 15.3. The van der Waals surface area contributed by atoms with Crippen LogP contribution in [-0.2, 0) is 9.84 Å². The van der Waals surface area contributed by atoms with E-state index in [9.17, 15) is 8.42 Å². The Morgan fingerprint density at radius 2 is 2.05 bits per heavy atom. The maximum Gasteiger partial charge on any atom is 0.203 e. The number of rotatable bonds is 5. The van der Waals surface area contributed by atoms with Gasteiger partial charge in [-0.25, -0.2) is 13.4 Å². The van der Waals surface area contributed by atoms with Crippen molar-refractivity contribution in [1.82, 2.24) is 15.3 Å². The molecule has 0 saturated carbocycles. The number of nitrogens with one attached hydrogen (secondary N) is 2. The number of benzene rings is 1. The number of aromatic nitrogens is 2. The van der Waals surface area contributed by atoms with Crippen molar-refractivity contribution < 1.29 is 8.42 Å². The summed E-state index contributed by atoms with van der Waals surface area (Å²) in [4.78, 5) is 10.2. The maximum absolute atomic E-state index is 11.1. The molecule has 1 saturated heterocycles. The van der Waals surface area contributed by atoms with Crippen molar-refractivity contribution in [1.29, 1.82) is 0 Å². The van der Waals surface area contributed by atoms with Gasteiger partial charge in [0.2, 0.25) is 5.95 Å². The molecule has 3 rings (SSSR count). The van der Waals surface area contributed by atoms with Gasteiger partial charge in [-0.15, -0.1) is 0 Å². The molecule has 1 aliphatic rings. The van der Waals surface area contributed by atoms with E-state index in [4.69, 9.17) is 0 Å². The molecule has 22 heavy (non-hydrogen) atoms. The molecule has 0 radical (unpaired) electrons. The van der Waals surface area contributed by atoms with E-state index >= 15 is 0 Å². The number of hydrogen-bond acceptors (Lipinski definition) is 5. The maximum atomic E-state index is 11.1. The fourth-order valence-electron chi connectivity index (χ4n) is 2.83. The van der Waals surface area contributed by atoms with Crippen LogP contribution in [0.3, 0.4) is 0 Å². The number of imidazole rings is 1. The van der Waals surface area contributed by atoms with Crippen molar-refractivity contribution in [3.8, 4) is 0 Å². The molecule has 7 heteroatoms. The molecule has 0 bridgehead atoms. The monoisotopic (exact) mass is 322 g/mol. The van der Waals surface area contributed by atoms with Crippen LogP contribution in [0.2, 0.25) is 0 Å². The molecule has 0 atom stereocenters. The SMILES string of the molecule is CS(=O)(=O)CCNC1CCN(c2nc3ccccc3[nH]2)CC1. The van der Waals surface area contributed by atoms with Crippen molar-refractivity contribution in [3.05, 3.63) is 24.3 Å². The average molecular weight is 322 g/mol. The highest BCUT2D eigenvalue weighted by molar-refractivity contribution is 7.90. The summed E-state index contributed by atoms with van der Waals surface area (Å²) in [6.45, 7) is 2.39. The van der Waals surface area contributed by atoms with Crippen molar-refractivity contribution in [2.24, 2.45) is 0 Å². The summed E-state index contributed by atoms with van der Waals surface area (Å²) >= 11 is 0. The van der Waals surface area contributed by atoms with Gasteiger partial charge < -0.3 is 15.2 Å². The summed E-state index contributed by atoms with van der Waals surface area (Å²) in [7, 11) is -2.88. The van der Waals surface area contributed by atoms with Gasteiger partial charge in [-0.2, -0.15) is 0 Å². The van der Waals surface area contributed by atoms with E-state index in [0.29, 0.717) is 12.6 Å². The Kier molecular flexibility index (Phi) is 4.35. The van der Waals surface area contributed by atoms with Gasteiger partial charge in [-0.1, -0.05) is 12.1 Å². The van der Waals surface area contributed by atoms with Gasteiger partial charge in [0.25, 0.3) is 0 Å². The van der Waals surface area contributed by atoms with E-state index in [1.54, 1.807) is 0 Å². The molecule has 2 aromatic rings. The average Bonchev–Trinajstić information content (AvgIpc) is 2.90. The highest BCUT2D eigenvalue weighted by atomic mass is 32.2. The van der Waals surface area contributed by atoms with E-state index in [1.807, 2.05) is 24.3 Å². The Morgan fingerprint density at radius 1 is 1.32 bits per heavy atom. The fraction of sp³-hybridized carbons (Fsp3) is 0.533. The fourth-order valence-corrected chi connectivity index (χ4v) is 3.32. The molecule has 2 heterocycles. The zero-order valence-corrected chi connectivity index (χ0v) is 13.6. The lowest BCUT2D eigenvalue weighted by Crippen LogP contribution is -2.44. The minimum Gasteiger partial charge on any atom is -0.342 e. The summed E-state index contributed by atoms with van der Waals surface area (Å²) in [6, 6.07) is 8.43. The third-order valence-electron chi connectivity index (χ3n) is 4.08. The van der Waals surface area contributed by atoms with Crippen LogP contribution in [0.5, 0.6) is 0 Å². The standard InChI is InChI=1S/C15H22N4O2S/c1-22(20,21)11-8-16-12-6-9-19(10-7-12)15-17-13-4-2-3-5-14(13)18-15/h2-5,12,16H,6-11H2,1H3,(H,17,18). The van der Waals surface area contributed by atoms with Gasteiger partial charge in [0.1, 0.15) is 9.84 Å². The number of sulfone groups is 1. The summed E-state index contributed by atoms with van der Waals surface area (Å²) in [5.41, 5.74) is 2.05. The van der Waals surface area contributed by atoms with E-state index in [0.717, 1.165) is 42.9 Å². The number of fused-ring (bicyclic) bond motifs is 1. The van der Waals surface area contributed by atoms with E-state index in [2.05, 4.69) is 20.2 Å². The zero-order chi connectivity index (χ0) is 15.6. The van der Waals surface area contributed by atoms with Crippen LogP contribution >= 0.6 is 0 Å². The highest BCUT2D eigenvalue weighted by Crippen LogP contribution is 2.20. The first-order chi connectivity index (χ1) is 10.5. The third kappa shape index (κ3) is 3.78. The van der Waals surface area contributed by atoms with E-state index in [1.165, 1.54) is 6.26 Å². The quantitative estimate of drug-likeness (QED) is 0.864. The predicted octanol–water partition coefficient (Wildman–Crippen LogP) is 1.17. The summed E-state index contributed by atoms with van der Waals surface area (Å²) in [5, 5.41) is 3.34. The largest absolute Gasteiger partial charge is 0.342 e. The second kappa shape index (κ2) is 6.26. The summed E-state index contributed by atoms with van der Waals surface area (Å²) in [6.07, 6.45) is 3.28. The van der Waals surface area contributed by atoms with Gasteiger partial charge >= 0.3 is 0 Å². The number of para-hydroxylation sites is 2. The van der Waals surface area contributed by atoms with Gasteiger partial charge in [0.05, 0.1) is 16.8 Å². The molecule has 1 aliphatic heterocycles. The van der Waals surface area contributed by atoms with Crippen molar-refractivity contribution in [2.45, 2.75) is 18.9 Å². The Hall–Kier alpha value is -1.60. The lowest BCUT2D eigenvalue weighted by atomic mass is 10.1. The molecule has 0 aliphatic carbocycles. The van der Waals surface area contributed by atoms with Crippen LogP contribution in [0.15, 0.2) is 24.3 Å². The number of anilines is 1. The van der Waals surface area contributed by atoms with Crippen LogP contribution < -0.4 is 10.2 Å². The first-order valence-corrected chi connectivity index (χ1v) is 9.68. The second-order valence-corrected chi connectivity index (χ2v) is 8.18. The molecular formula is C15H22N4O2S. The molecule has 1 aromatic carbocycles. The van der Waals surface area contributed by atoms with Gasteiger partial charge in [-0.3, -0.25) is 0 Å². The van der Waals surface area contributed by atoms with Gasteiger partial charge in [-0.05, 0) is 25.0 Å². The molecule has 6 nitrogen and oxygen atoms in total. The summed E-state index contributed by atoms with van der Waals surface area (Å²) in [5.74, 6) is 1.13. The number of aromatic amines is 1. The second-order valence-electron chi connectivity index (χ2n) is 5.92. The number of nitrogens with zero attached hydrogens (tertiary/aromatic N) is 2. The molecule has 1 fully saturated rings. The molecular weight excluding hydrogens is 300 g/mol. The molecule has 0 unspecified atom stereocenters. The van der Waals surface area contributed by atoms with Crippen molar-refractivity contribution in [3.63, 3.8) is 0 Å². The molecule has 1 aromatic heterocycles. The first-order valence-electron chi connectivity index (χ1n) is 7.62. The number of hydrogen-bond donors (Lipinski definition) is 2. The Labute approximate surface area is 130 Å². The Balaban J connectivity index is 1.53. The third-order valence-corrected chi connectivity index (χ3v) is 5.02. The van der Waals surface area contributed by atoms with Crippen LogP contribution in [-0.4, -0.2) is 56.1 Å². The smallest absolute Gasteiger partial charge is 0.203 e. The molecule has 0 spiro atoms.